The predicted molar refractivity (Wildman–Crippen MR) is 63.0 cm³/mol. The highest BCUT2D eigenvalue weighted by Crippen LogP contribution is 2.25. The van der Waals surface area contributed by atoms with Crippen LogP contribution in [0, 0.1) is 17.0 Å². The number of hydrogen-bond acceptors (Lipinski definition) is 5. The summed E-state index contributed by atoms with van der Waals surface area (Å²) in [5.41, 5.74) is -0.122. The van der Waals surface area contributed by atoms with Gasteiger partial charge in [-0.15, -0.1) is 11.6 Å². The molecule has 0 aliphatic heterocycles. The van der Waals surface area contributed by atoms with Crippen LogP contribution in [0.3, 0.4) is 0 Å². The summed E-state index contributed by atoms with van der Waals surface area (Å²) in [5, 5.41) is 9.32. The molecular weight excluding hydrogens is 268 g/mol. The van der Waals surface area contributed by atoms with Crippen molar-refractivity contribution in [3.63, 3.8) is 0 Å². The first kappa shape index (κ1) is 13.9. The smallest absolute Gasteiger partial charge is 0.258 e. The van der Waals surface area contributed by atoms with E-state index in [1.54, 1.807) is 6.92 Å². The van der Waals surface area contributed by atoms with Gasteiger partial charge in [-0.3, -0.25) is 10.1 Å². The van der Waals surface area contributed by atoms with Crippen LogP contribution in [0.2, 0.25) is 0 Å². The Morgan fingerprint density at radius 2 is 2.12 bits per heavy atom. The third-order valence-electron chi connectivity index (χ3n) is 2.19. The monoisotopic (exact) mass is 278 g/mol. The number of aromatic nitrogens is 1. The molecule has 0 N–H and O–H groups in total. The lowest BCUT2D eigenvalue weighted by Gasteiger charge is -2.09. The van der Waals surface area contributed by atoms with Crippen LogP contribution in [0.5, 0.6) is 0 Å². The van der Waals surface area contributed by atoms with Gasteiger partial charge in [0.25, 0.3) is 0 Å². The van der Waals surface area contributed by atoms with Crippen LogP contribution >= 0.6 is 11.6 Å². The van der Waals surface area contributed by atoms with Gasteiger partial charge >= 0.3 is 5.69 Å². The molecule has 0 aliphatic rings. The third-order valence-corrected chi connectivity index (χ3v) is 4.90. The Balaban J connectivity index is 3.49. The fourth-order valence-electron chi connectivity index (χ4n) is 1.15. The minimum absolute atomic E-state index is 0.144. The number of aryl methyl sites for hydroxylation is 1. The Kier molecular flexibility index (Phi) is 4.05. The van der Waals surface area contributed by atoms with Gasteiger partial charge in [-0.2, -0.15) is 0 Å². The van der Waals surface area contributed by atoms with Crippen molar-refractivity contribution >= 4 is 27.1 Å². The second-order valence-electron chi connectivity index (χ2n) is 3.54. The molecule has 1 heterocycles. The first-order valence-electron chi connectivity index (χ1n) is 4.72. The van der Waals surface area contributed by atoms with Gasteiger partial charge in [0.15, 0.2) is 0 Å². The molecule has 0 radical (unpaired) electrons. The van der Waals surface area contributed by atoms with E-state index in [-0.39, 0.29) is 5.88 Å². The van der Waals surface area contributed by atoms with Crippen molar-refractivity contribution < 1.29 is 13.3 Å². The van der Waals surface area contributed by atoms with Crippen LogP contribution in [-0.2, 0) is 9.84 Å². The van der Waals surface area contributed by atoms with Crippen LogP contribution in [0.15, 0.2) is 17.2 Å². The van der Waals surface area contributed by atoms with Crippen molar-refractivity contribution in [2.75, 3.05) is 5.88 Å². The molecule has 0 amide bonds. The van der Waals surface area contributed by atoms with Gasteiger partial charge in [0.2, 0.25) is 14.9 Å². The quantitative estimate of drug-likeness (QED) is 0.475. The summed E-state index contributed by atoms with van der Waals surface area (Å²) >= 11 is 5.48. The van der Waals surface area contributed by atoms with Crippen molar-refractivity contribution in [3.8, 4) is 0 Å². The van der Waals surface area contributed by atoms with Crippen LogP contribution in [-0.4, -0.2) is 29.5 Å². The number of rotatable bonds is 4. The van der Waals surface area contributed by atoms with E-state index in [0.29, 0.717) is 5.69 Å². The van der Waals surface area contributed by atoms with Crippen molar-refractivity contribution in [3.05, 3.63) is 27.9 Å². The van der Waals surface area contributed by atoms with E-state index in [9.17, 15) is 18.5 Å². The normalized spacial score (nSPS) is 13.4. The van der Waals surface area contributed by atoms with E-state index < -0.39 is 30.7 Å². The number of nitrogens with zero attached hydrogens (tertiary/aromatic N) is 2. The molecule has 1 unspecified atom stereocenters. The number of pyridine rings is 1. The fourth-order valence-corrected chi connectivity index (χ4v) is 2.90. The lowest BCUT2D eigenvalue weighted by molar-refractivity contribution is -0.388. The first-order chi connectivity index (χ1) is 7.80. The zero-order valence-corrected chi connectivity index (χ0v) is 10.8. The molecule has 0 saturated carbocycles. The van der Waals surface area contributed by atoms with E-state index in [4.69, 9.17) is 11.6 Å². The topological polar surface area (TPSA) is 90.2 Å². The van der Waals surface area contributed by atoms with E-state index in [1.165, 1.54) is 13.0 Å². The molecule has 1 atom stereocenters. The van der Waals surface area contributed by atoms with Crippen molar-refractivity contribution in [1.29, 1.82) is 0 Å². The summed E-state index contributed by atoms with van der Waals surface area (Å²) in [6.45, 7) is 2.95. The van der Waals surface area contributed by atoms with Crippen molar-refractivity contribution in [2.24, 2.45) is 0 Å². The third kappa shape index (κ3) is 2.73. The van der Waals surface area contributed by atoms with Crippen LogP contribution in [0.4, 0.5) is 5.69 Å². The van der Waals surface area contributed by atoms with Gasteiger partial charge in [-0.25, -0.2) is 13.4 Å². The van der Waals surface area contributed by atoms with Crippen LogP contribution in [0.25, 0.3) is 0 Å². The summed E-state index contributed by atoms with van der Waals surface area (Å²) in [6, 6.07) is 2.53. The Morgan fingerprint density at radius 3 is 2.59 bits per heavy atom. The Morgan fingerprint density at radius 1 is 1.53 bits per heavy atom. The Hall–Kier alpha value is -1.21. The SMILES string of the molecule is Cc1ccc([N+](=O)[O-])c(S(=O)(=O)C(C)CCl)n1. The van der Waals surface area contributed by atoms with Gasteiger partial charge in [0.05, 0.1) is 10.2 Å². The standard InChI is InChI=1S/C9H11ClN2O4S/c1-6-3-4-8(12(13)14)9(11-6)17(15,16)7(2)5-10/h3-4,7H,5H2,1-2H3. The number of alkyl halides is 1. The molecule has 94 valence electrons. The fraction of sp³-hybridized carbons (Fsp3) is 0.444. The van der Waals surface area contributed by atoms with Gasteiger partial charge in [0, 0.05) is 17.6 Å². The molecule has 0 aliphatic carbocycles. The highest BCUT2D eigenvalue weighted by atomic mass is 35.5. The van der Waals surface area contributed by atoms with Gasteiger partial charge in [-0.05, 0) is 19.9 Å². The van der Waals surface area contributed by atoms with E-state index in [1.807, 2.05) is 0 Å². The molecule has 0 aromatic carbocycles. The van der Waals surface area contributed by atoms with Crippen molar-refractivity contribution in [2.45, 2.75) is 24.1 Å². The van der Waals surface area contributed by atoms with Gasteiger partial charge < -0.3 is 0 Å². The lowest BCUT2D eigenvalue weighted by Crippen LogP contribution is -2.22. The maximum absolute atomic E-state index is 12.0. The average molecular weight is 279 g/mol. The molecule has 17 heavy (non-hydrogen) atoms. The van der Waals surface area contributed by atoms with Gasteiger partial charge in [-0.1, -0.05) is 0 Å². The van der Waals surface area contributed by atoms with E-state index in [0.717, 1.165) is 6.07 Å². The van der Waals surface area contributed by atoms with Crippen molar-refractivity contribution in [1.82, 2.24) is 4.98 Å². The first-order valence-corrected chi connectivity index (χ1v) is 6.80. The molecule has 0 spiro atoms. The average Bonchev–Trinajstić information content (AvgIpc) is 2.27. The Bertz CT molecular complexity index is 544. The minimum Gasteiger partial charge on any atom is -0.258 e. The highest BCUT2D eigenvalue weighted by Gasteiger charge is 2.32. The molecule has 0 bridgehead atoms. The largest absolute Gasteiger partial charge is 0.306 e. The molecule has 1 aromatic rings. The molecular formula is C9H11ClN2O4S. The zero-order chi connectivity index (χ0) is 13.2. The maximum Gasteiger partial charge on any atom is 0.306 e. The highest BCUT2D eigenvalue weighted by molar-refractivity contribution is 7.92. The summed E-state index contributed by atoms with van der Waals surface area (Å²) < 4.78 is 24.0. The van der Waals surface area contributed by atoms with E-state index >= 15 is 0 Å². The molecule has 6 nitrogen and oxygen atoms in total. The number of sulfone groups is 1. The second kappa shape index (κ2) is 4.97. The summed E-state index contributed by atoms with van der Waals surface area (Å²) in [5.74, 6) is -0.144. The number of nitro groups is 1. The van der Waals surface area contributed by atoms with Crippen LogP contribution in [0.1, 0.15) is 12.6 Å². The molecule has 0 saturated heterocycles. The summed E-state index contributed by atoms with van der Waals surface area (Å²) in [6.07, 6.45) is 0. The number of hydrogen-bond donors (Lipinski definition) is 0. The Labute approximate surface area is 104 Å². The summed E-state index contributed by atoms with van der Waals surface area (Å²) in [4.78, 5) is 13.7. The molecule has 1 aromatic heterocycles. The molecule has 0 fully saturated rings. The zero-order valence-electron chi connectivity index (χ0n) is 9.25. The molecule has 1 rings (SSSR count). The van der Waals surface area contributed by atoms with Gasteiger partial charge in [0.1, 0.15) is 0 Å². The minimum atomic E-state index is -3.87. The molecule has 8 heteroatoms. The van der Waals surface area contributed by atoms with E-state index in [2.05, 4.69) is 4.98 Å². The summed E-state index contributed by atoms with van der Waals surface area (Å²) in [7, 11) is -3.87. The predicted octanol–water partition coefficient (Wildman–Crippen LogP) is 1.70. The lowest BCUT2D eigenvalue weighted by atomic mass is 10.3. The van der Waals surface area contributed by atoms with Crippen LogP contribution < -0.4 is 0 Å². The number of halogens is 1. The second-order valence-corrected chi connectivity index (χ2v) is 6.13. The maximum atomic E-state index is 12.0.